The predicted octanol–water partition coefficient (Wildman–Crippen LogP) is 5.54. The summed E-state index contributed by atoms with van der Waals surface area (Å²) in [4.78, 5) is 22.2. The van der Waals surface area contributed by atoms with E-state index in [0.29, 0.717) is 0 Å². The number of benzene rings is 1. The van der Waals surface area contributed by atoms with Gasteiger partial charge in [-0.3, -0.25) is 14.8 Å². The number of hydrogen-bond donors (Lipinski definition) is 0. The summed E-state index contributed by atoms with van der Waals surface area (Å²) in [7, 11) is 0. The Morgan fingerprint density at radius 2 is 1.93 bits per heavy atom. The molecule has 6 rings (SSSR count). The molecule has 2 unspecified atom stereocenters. The number of fused-ring (bicyclic) bond motifs is 2. The van der Waals surface area contributed by atoms with Crippen molar-refractivity contribution in [1.82, 2.24) is 14.5 Å². The first-order chi connectivity index (χ1) is 14.7. The summed E-state index contributed by atoms with van der Waals surface area (Å²) < 4.78 is 16.3. The van der Waals surface area contributed by atoms with Gasteiger partial charge in [-0.15, -0.1) is 11.3 Å². The molecule has 0 bridgehead atoms. The van der Waals surface area contributed by atoms with Crippen LogP contribution in [0.5, 0.6) is 0 Å². The topological polar surface area (TPSA) is 47.8 Å². The van der Waals surface area contributed by atoms with Crippen molar-refractivity contribution in [3.8, 4) is 11.1 Å². The molecule has 2 atom stereocenters. The molecule has 4 heterocycles. The van der Waals surface area contributed by atoms with Gasteiger partial charge in [-0.1, -0.05) is 6.07 Å². The monoisotopic (exact) mass is 413 g/mol. The number of halogens is 1. The van der Waals surface area contributed by atoms with Gasteiger partial charge in [0.1, 0.15) is 5.82 Å². The van der Waals surface area contributed by atoms with Crippen LogP contribution in [0.2, 0.25) is 0 Å². The highest BCUT2D eigenvalue weighted by molar-refractivity contribution is 7.17. The van der Waals surface area contributed by atoms with E-state index in [0.717, 1.165) is 44.2 Å². The summed E-state index contributed by atoms with van der Waals surface area (Å²) in [6, 6.07) is 14.5. The molecule has 6 heteroatoms. The van der Waals surface area contributed by atoms with Crippen LogP contribution in [0.4, 0.5) is 4.39 Å². The molecule has 0 aliphatic heterocycles. The molecule has 1 fully saturated rings. The number of thiophene rings is 1. The van der Waals surface area contributed by atoms with Crippen LogP contribution in [-0.4, -0.2) is 14.5 Å². The smallest absolute Gasteiger partial charge is 0.260 e. The van der Waals surface area contributed by atoms with Crippen molar-refractivity contribution in [3.63, 3.8) is 0 Å². The zero-order chi connectivity index (χ0) is 20.2. The first-order valence-electron chi connectivity index (χ1n) is 9.78. The van der Waals surface area contributed by atoms with Gasteiger partial charge in [-0.2, -0.15) is 0 Å². The lowest BCUT2D eigenvalue weighted by atomic mass is 10.1. The summed E-state index contributed by atoms with van der Waals surface area (Å²) in [5.41, 5.74) is 3.73. The fourth-order valence-corrected chi connectivity index (χ4v) is 5.14. The maximum absolute atomic E-state index is 13.4. The minimum atomic E-state index is -0.262. The molecule has 0 saturated heterocycles. The van der Waals surface area contributed by atoms with Crippen molar-refractivity contribution < 1.29 is 4.39 Å². The number of nitrogens with zero attached hydrogens (tertiary/aromatic N) is 3. The average Bonchev–Trinajstić information content (AvgIpc) is 3.44. The maximum atomic E-state index is 13.4. The Balaban J connectivity index is 1.39. The molecule has 30 heavy (non-hydrogen) atoms. The molecule has 4 aromatic heterocycles. The van der Waals surface area contributed by atoms with Crippen LogP contribution in [0.1, 0.15) is 24.1 Å². The zero-order valence-electron chi connectivity index (χ0n) is 15.8. The summed E-state index contributed by atoms with van der Waals surface area (Å²) in [5.74, 6) is -0.0698. The molecular formula is C24H16FN3OS. The molecule has 0 radical (unpaired) electrons. The second-order valence-corrected chi connectivity index (χ2v) is 8.55. The molecule has 1 aromatic carbocycles. The highest BCUT2D eigenvalue weighted by atomic mass is 32.1. The van der Waals surface area contributed by atoms with E-state index in [-0.39, 0.29) is 23.3 Å². The third kappa shape index (κ3) is 2.75. The van der Waals surface area contributed by atoms with Crippen LogP contribution in [0.15, 0.2) is 77.3 Å². The van der Waals surface area contributed by atoms with Crippen molar-refractivity contribution in [2.45, 2.75) is 18.4 Å². The van der Waals surface area contributed by atoms with Crippen molar-refractivity contribution in [2.75, 3.05) is 0 Å². The zero-order valence-corrected chi connectivity index (χ0v) is 16.6. The Morgan fingerprint density at radius 1 is 1.07 bits per heavy atom. The Kier molecular flexibility index (Phi) is 3.83. The third-order valence-electron chi connectivity index (χ3n) is 5.81. The normalized spacial score (nSPS) is 18.2. The molecular weight excluding hydrogens is 397 g/mol. The van der Waals surface area contributed by atoms with E-state index in [1.54, 1.807) is 29.8 Å². The average molecular weight is 413 g/mol. The minimum Gasteiger partial charge on any atom is -0.311 e. The highest BCUT2D eigenvalue weighted by Gasteiger charge is 2.41. The van der Waals surface area contributed by atoms with Gasteiger partial charge < -0.3 is 4.57 Å². The van der Waals surface area contributed by atoms with Crippen molar-refractivity contribution >= 4 is 32.3 Å². The minimum absolute atomic E-state index is 0.0379. The van der Waals surface area contributed by atoms with E-state index >= 15 is 0 Å². The van der Waals surface area contributed by atoms with E-state index in [2.05, 4.69) is 4.98 Å². The van der Waals surface area contributed by atoms with Gasteiger partial charge in [-0.25, -0.2) is 4.39 Å². The molecule has 0 N–H and O–H groups in total. The summed E-state index contributed by atoms with van der Waals surface area (Å²) >= 11 is 1.59. The fraction of sp³-hybridized carbons (Fsp3) is 0.125. The van der Waals surface area contributed by atoms with Crippen molar-refractivity contribution in [2.24, 2.45) is 0 Å². The second kappa shape index (κ2) is 6.57. The molecule has 0 spiro atoms. The van der Waals surface area contributed by atoms with E-state index in [1.807, 2.05) is 46.5 Å². The molecule has 1 aliphatic carbocycles. The molecule has 1 saturated carbocycles. The number of rotatable bonds is 3. The van der Waals surface area contributed by atoms with Crippen LogP contribution < -0.4 is 5.56 Å². The second-order valence-electron chi connectivity index (χ2n) is 7.64. The molecule has 146 valence electrons. The Labute approximate surface area is 175 Å². The van der Waals surface area contributed by atoms with Crippen LogP contribution in [-0.2, 0) is 0 Å². The molecule has 1 aliphatic rings. The summed E-state index contributed by atoms with van der Waals surface area (Å²) in [5, 5.41) is 3.59. The Hall–Kier alpha value is -3.38. The predicted molar refractivity (Wildman–Crippen MR) is 117 cm³/mol. The lowest BCUT2D eigenvalue weighted by Gasteiger charge is -2.07. The number of hydrogen-bond acceptors (Lipinski definition) is 4. The lowest BCUT2D eigenvalue weighted by Crippen LogP contribution is -2.18. The number of pyridine rings is 3. The quantitative estimate of drug-likeness (QED) is 0.390. The van der Waals surface area contributed by atoms with Crippen molar-refractivity contribution in [1.29, 1.82) is 0 Å². The maximum Gasteiger partial charge on any atom is 0.260 e. The van der Waals surface area contributed by atoms with Crippen LogP contribution >= 0.6 is 11.3 Å². The van der Waals surface area contributed by atoms with Gasteiger partial charge in [0, 0.05) is 57.3 Å². The first kappa shape index (κ1) is 17.5. The Morgan fingerprint density at radius 3 is 2.80 bits per heavy atom. The fourth-order valence-electron chi connectivity index (χ4n) is 4.19. The summed E-state index contributed by atoms with van der Waals surface area (Å²) in [6.07, 6.45) is 6.27. The molecule has 0 amide bonds. The molecule has 5 aromatic rings. The lowest BCUT2D eigenvalue weighted by molar-refractivity contribution is 0.629. The van der Waals surface area contributed by atoms with Gasteiger partial charge in [0.05, 0.1) is 10.9 Å². The van der Waals surface area contributed by atoms with E-state index in [4.69, 9.17) is 4.98 Å². The first-order valence-corrected chi connectivity index (χ1v) is 10.7. The van der Waals surface area contributed by atoms with E-state index < -0.39 is 0 Å². The van der Waals surface area contributed by atoms with Crippen LogP contribution in [0, 0.1) is 5.82 Å². The van der Waals surface area contributed by atoms with E-state index in [1.165, 1.54) is 12.1 Å². The third-order valence-corrected chi connectivity index (χ3v) is 6.76. The number of aromatic nitrogens is 3. The van der Waals surface area contributed by atoms with Crippen molar-refractivity contribution in [3.05, 3.63) is 94.4 Å². The standard InChI is InChI=1S/C24H16FN3OS/c25-16-2-4-19-15(11-16)1-3-20(27-19)17-12-21(17)28-10-7-22-23(24(28)29)18(13-30-22)14-5-8-26-9-6-14/h1-11,13,17,21H,12H2. The van der Waals surface area contributed by atoms with Gasteiger partial charge >= 0.3 is 0 Å². The van der Waals surface area contributed by atoms with Crippen LogP contribution in [0.3, 0.4) is 0 Å². The molecule has 4 nitrogen and oxygen atoms in total. The van der Waals surface area contributed by atoms with E-state index in [9.17, 15) is 9.18 Å². The van der Waals surface area contributed by atoms with Gasteiger partial charge in [0.25, 0.3) is 5.56 Å². The van der Waals surface area contributed by atoms with Gasteiger partial charge in [-0.05, 0) is 54.4 Å². The van der Waals surface area contributed by atoms with Crippen LogP contribution in [0.25, 0.3) is 32.1 Å². The Bertz CT molecular complexity index is 1470. The summed E-state index contributed by atoms with van der Waals surface area (Å²) in [6.45, 7) is 0. The van der Waals surface area contributed by atoms with Gasteiger partial charge in [0.15, 0.2) is 0 Å². The highest BCUT2D eigenvalue weighted by Crippen LogP contribution is 2.50. The SMILES string of the molecule is O=c1c2c(-c3ccncc3)csc2ccn1C1CC1c1ccc2cc(F)ccc2n1. The van der Waals surface area contributed by atoms with Gasteiger partial charge in [0.2, 0.25) is 0 Å². The largest absolute Gasteiger partial charge is 0.311 e.